The largest absolute Gasteiger partial charge is 0.481 e. The van der Waals surface area contributed by atoms with E-state index in [1.165, 1.54) is 64.8 Å². The topological polar surface area (TPSA) is 257 Å². The van der Waals surface area contributed by atoms with Gasteiger partial charge in [0.2, 0.25) is 22.8 Å². The Bertz CT molecular complexity index is 1130. The van der Waals surface area contributed by atoms with Gasteiger partial charge in [-0.05, 0) is 45.6 Å². The minimum atomic E-state index is -1.00. The lowest BCUT2D eigenvalue weighted by Gasteiger charge is -2.11. The lowest BCUT2D eigenvalue weighted by Crippen LogP contribution is -2.36. The molecule has 0 saturated carbocycles. The average Bonchev–Trinajstić information content (AvgIpc) is 3.21. The first-order chi connectivity index (χ1) is 29.0. The number of ether oxygens (including phenoxy) is 4. The van der Waals surface area contributed by atoms with Gasteiger partial charge in [0.05, 0.1) is 45.7 Å². The van der Waals surface area contributed by atoms with E-state index >= 15 is 0 Å². The number of aldehydes is 1. The molecular formula is C40H75N5O13S2. The highest BCUT2D eigenvalue weighted by atomic mass is 32.1. The van der Waals surface area contributed by atoms with Crippen LogP contribution in [0.15, 0.2) is 0 Å². The van der Waals surface area contributed by atoms with Crippen molar-refractivity contribution in [1.82, 2.24) is 26.0 Å². The van der Waals surface area contributed by atoms with E-state index in [-0.39, 0.29) is 95.1 Å². The van der Waals surface area contributed by atoms with Crippen molar-refractivity contribution in [2.75, 3.05) is 79.5 Å². The Morgan fingerprint density at radius 1 is 0.550 bits per heavy atom. The van der Waals surface area contributed by atoms with Gasteiger partial charge in [0.15, 0.2) is 0 Å². The van der Waals surface area contributed by atoms with Gasteiger partial charge >= 0.3 is 11.9 Å². The summed E-state index contributed by atoms with van der Waals surface area (Å²) >= 11 is 7.64. The van der Waals surface area contributed by atoms with Crippen LogP contribution in [0.1, 0.15) is 122 Å². The van der Waals surface area contributed by atoms with E-state index in [4.69, 9.17) is 29.2 Å². The lowest BCUT2D eigenvalue weighted by atomic mass is 10.0. The number of carboxylic acids is 2. The molecule has 350 valence electrons. The number of carbonyl (C=O) groups excluding carboxylic acids is 5. The Balaban J connectivity index is 0. The third-order valence-corrected chi connectivity index (χ3v) is 9.44. The van der Waals surface area contributed by atoms with Crippen molar-refractivity contribution in [3.63, 3.8) is 0 Å². The first kappa shape index (κ1) is 59.2. The third-order valence-electron chi connectivity index (χ3n) is 8.81. The number of hydrogen-bond acceptors (Lipinski definition) is 14. The Labute approximate surface area is 367 Å². The highest BCUT2D eigenvalue weighted by Gasteiger charge is 2.16. The summed E-state index contributed by atoms with van der Waals surface area (Å²) < 4.78 is 23.7. The average molecular weight is 898 g/mol. The molecule has 0 bridgehead atoms. The molecular weight excluding hydrogens is 823 g/mol. The van der Waals surface area contributed by atoms with Crippen LogP contribution in [0, 0.1) is 0 Å². The molecule has 0 spiro atoms. The molecule has 2 unspecified atom stereocenters. The van der Waals surface area contributed by atoms with Crippen LogP contribution in [0.2, 0.25) is 0 Å². The van der Waals surface area contributed by atoms with E-state index in [9.17, 15) is 33.6 Å². The summed E-state index contributed by atoms with van der Waals surface area (Å²) in [6, 6.07) is -1.17. The molecule has 7 N–H and O–H groups in total. The van der Waals surface area contributed by atoms with Gasteiger partial charge in [-0.25, -0.2) is 0 Å². The van der Waals surface area contributed by atoms with Crippen molar-refractivity contribution in [2.24, 2.45) is 0 Å². The number of thiol groups is 2. The summed E-state index contributed by atoms with van der Waals surface area (Å²) in [5.41, 5.74) is 0. The van der Waals surface area contributed by atoms with Crippen molar-refractivity contribution in [3.8, 4) is 0 Å². The van der Waals surface area contributed by atoms with Gasteiger partial charge < -0.3 is 55.2 Å². The second-order valence-electron chi connectivity index (χ2n) is 14.0. The second-order valence-corrected chi connectivity index (χ2v) is 14.7. The van der Waals surface area contributed by atoms with Crippen LogP contribution in [0.4, 0.5) is 0 Å². The summed E-state index contributed by atoms with van der Waals surface area (Å²) in [6.45, 7) is 2.33. The molecule has 20 heteroatoms. The maximum atomic E-state index is 11.7. The predicted molar refractivity (Wildman–Crippen MR) is 234 cm³/mol. The van der Waals surface area contributed by atoms with Gasteiger partial charge in [-0.1, -0.05) is 77.0 Å². The number of amides is 3. The summed E-state index contributed by atoms with van der Waals surface area (Å²) in [5, 5.41) is 27.8. The normalized spacial score (nSPS) is 11.8. The molecule has 0 aliphatic carbocycles. The monoisotopic (exact) mass is 897 g/mol. The number of unbranched alkanes of at least 4 members (excludes halogenated alkanes) is 13. The first-order valence-electron chi connectivity index (χ1n) is 21.3. The van der Waals surface area contributed by atoms with Gasteiger partial charge in [0.25, 0.3) is 0 Å². The number of carboxylic acid groups (broad SMARTS) is 2. The molecule has 2 atom stereocenters. The standard InChI is InChI=1S/C24H45N5O10S2.C16H30O3/c1-25-18(23(33)34)5-6-20(30)27-8-10-36-12-15-39-17-22(32)28-9-11-37-13-14-38-16-21(31)26-7-3-2-4-19(29-41)24(35)40;17-15-13-11-9-7-5-3-1-2-4-6-8-10-12-14-16(18)19/h18-19,25,29,41H,2-17H2,1H3,(H,26,31)(H,27,30)(H,28,32)(H,33,34)(H,35,40);15H,1-14H2,(H,18,19). The van der Waals surface area contributed by atoms with Crippen molar-refractivity contribution in [1.29, 1.82) is 0 Å². The highest BCUT2D eigenvalue weighted by Crippen LogP contribution is 2.13. The van der Waals surface area contributed by atoms with Crippen molar-refractivity contribution >= 4 is 66.5 Å². The Hall–Kier alpha value is -2.85. The molecule has 0 rings (SSSR count). The summed E-state index contributed by atoms with van der Waals surface area (Å²) in [5.74, 6) is -2.47. The van der Waals surface area contributed by atoms with Gasteiger partial charge in [-0.3, -0.25) is 33.5 Å². The van der Waals surface area contributed by atoms with E-state index in [1.54, 1.807) is 0 Å². The second kappa shape index (κ2) is 45.7. The molecule has 60 heavy (non-hydrogen) atoms. The fourth-order valence-electron chi connectivity index (χ4n) is 5.37. The Morgan fingerprint density at radius 3 is 1.47 bits per heavy atom. The maximum absolute atomic E-state index is 11.7. The van der Waals surface area contributed by atoms with E-state index in [2.05, 4.69) is 51.4 Å². The number of likely N-dealkylation sites (N-methyl/N-ethyl adjacent to an activating group) is 1. The van der Waals surface area contributed by atoms with Gasteiger partial charge in [0.1, 0.15) is 25.5 Å². The van der Waals surface area contributed by atoms with Crippen LogP contribution in [0.5, 0.6) is 0 Å². The quantitative estimate of drug-likeness (QED) is 0.0242. The number of aliphatic carboxylic acids is 2. The predicted octanol–water partition coefficient (Wildman–Crippen LogP) is 3.02. The minimum absolute atomic E-state index is 0.0856. The smallest absolute Gasteiger partial charge is 0.320 e. The molecule has 0 aromatic rings. The van der Waals surface area contributed by atoms with Gasteiger partial charge in [0, 0.05) is 38.9 Å². The fourth-order valence-corrected chi connectivity index (χ4v) is 5.91. The zero-order valence-electron chi connectivity index (χ0n) is 35.7. The summed E-state index contributed by atoms with van der Waals surface area (Å²) in [4.78, 5) is 77.6. The number of carbonyl (C=O) groups is 7. The van der Waals surface area contributed by atoms with E-state index in [0.29, 0.717) is 32.4 Å². The Kier molecular flexibility index (Phi) is 45.1. The molecule has 0 heterocycles. The number of rotatable bonds is 43. The van der Waals surface area contributed by atoms with Crippen LogP contribution in [-0.2, 0) is 52.5 Å². The van der Waals surface area contributed by atoms with E-state index in [1.807, 2.05) is 0 Å². The molecule has 0 aromatic carbocycles. The highest BCUT2D eigenvalue weighted by molar-refractivity contribution is 7.96. The SMILES string of the molecule is CNC(CCC(=O)NCCOCCOCC(=O)NCCOCCOCC(=O)NCCCCC(NS)C(=O)S)C(=O)O.O=CCCCCCCCCCCCCCCC(=O)O. The molecule has 0 saturated heterocycles. The molecule has 3 amide bonds. The van der Waals surface area contributed by atoms with E-state index < -0.39 is 24.0 Å². The van der Waals surface area contributed by atoms with Crippen LogP contribution in [0.3, 0.4) is 0 Å². The van der Waals surface area contributed by atoms with Crippen molar-refractivity contribution in [2.45, 2.75) is 134 Å². The first-order valence-corrected chi connectivity index (χ1v) is 22.2. The van der Waals surface area contributed by atoms with Crippen LogP contribution >= 0.6 is 25.4 Å². The Morgan fingerprint density at radius 2 is 1.02 bits per heavy atom. The van der Waals surface area contributed by atoms with Gasteiger partial charge in [-0.2, -0.15) is 0 Å². The molecule has 0 fully saturated rings. The molecule has 0 aromatic heterocycles. The number of nitrogens with one attached hydrogen (secondary N) is 5. The summed E-state index contributed by atoms with van der Waals surface area (Å²) in [6.07, 6.45) is 18.8. The summed E-state index contributed by atoms with van der Waals surface area (Å²) in [7, 11) is 1.53. The maximum Gasteiger partial charge on any atom is 0.320 e. The van der Waals surface area contributed by atoms with Crippen LogP contribution in [-0.4, -0.2) is 143 Å². The fraction of sp³-hybridized carbons (Fsp3) is 0.825. The third kappa shape index (κ3) is 44.7. The molecule has 18 nitrogen and oxygen atoms in total. The van der Waals surface area contributed by atoms with Crippen LogP contribution < -0.4 is 26.0 Å². The number of hydrogen-bond donors (Lipinski definition) is 9. The van der Waals surface area contributed by atoms with Crippen LogP contribution in [0.25, 0.3) is 0 Å². The zero-order chi connectivity index (χ0) is 44.9. The van der Waals surface area contributed by atoms with Crippen molar-refractivity contribution in [3.05, 3.63) is 0 Å². The lowest BCUT2D eigenvalue weighted by molar-refractivity contribution is -0.140. The molecule has 0 radical (unpaired) electrons. The van der Waals surface area contributed by atoms with Gasteiger partial charge in [-0.15, -0.1) is 12.6 Å². The molecule has 0 aliphatic heterocycles. The zero-order valence-corrected chi connectivity index (χ0v) is 37.5. The van der Waals surface area contributed by atoms with E-state index in [0.717, 1.165) is 38.4 Å². The molecule has 0 aliphatic rings. The minimum Gasteiger partial charge on any atom is -0.481 e. The van der Waals surface area contributed by atoms with Crippen molar-refractivity contribution < 1.29 is 62.7 Å².